The van der Waals surface area contributed by atoms with Crippen LogP contribution in [0.1, 0.15) is 45.7 Å². The number of nitrogens with one attached hydrogen (secondary N) is 2. The molecule has 3 aromatic rings. The number of carbonyl (C=O) groups is 2. The number of nitrogens with two attached hydrogens (primary N) is 1. The highest BCUT2D eigenvalue weighted by atomic mass is 16.2. The van der Waals surface area contributed by atoms with Crippen LogP contribution in [0.4, 0.5) is 22.7 Å². The molecule has 0 spiro atoms. The van der Waals surface area contributed by atoms with Gasteiger partial charge >= 0.3 is 0 Å². The van der Waals surface area contributed by atoms with E-state index in [0.717, 1.165) is 16.8 Å². The molecule has 0 fully saturated rings. The lowest BCUT2D eigenvalue weighted by molar-refractivity contribution is 0.0773. The first-order valence-electron chi connectivity index (χ1n) is 11.2. The number of nitrogens with zero attached hydrogens (tertiary/aromatic N) is 1. The van der Waals surface area contributed by atoms with Crippen LogP contribution in [0.2, 0.25) is 0 Å². The second-order valence-electron chi connectivity index (χ2n) is 7.65. The molecule has 0 aliphatic rings. The van der Waals surface area contributed by atoms with Crippen LogP contribution in [0.15, 0.2) is 73.8 Å². The topological polar surface area (TPSA) is 87.5 Å². The number of amides is 2. The van der Waals surface area contributed by atoms with E-state index in [1.54, 1.807) is 59.5 Å². The van der Waals surface area contributed by atoms with Gasteiger partial charge in [-0.3, -0.25) is 9.59 Å². The number of benzene rings is 3. The summed E-state index contributed by atoms with van der Waals surface area (Å²) in [6, 6.07) is 17.7. The fraction of sp³-hybridized carbons (Fsp3) is 0.143. The number of anilines is 4. The zero-order chi connectivity index (χ0) is 24.7. The quantitative estimate of drug-likeness (QED) is 0.344. The Labute approximate surface area is 200 Å². The van der Waals surface area contributed by atoms with Crippen LogP contribution in [0.3, 0.4) is 0 Å². The molecule has 6 nitrogen and oxygen atoms in total. The summed E-state index contributed by atoms with van der Waals surface area (Å²) in [5, 5.41) is 6.17. The van der Waals surface area contributed by atoms with Crippen LogP contribution < -0.4 is 16.4 Å². The highest BCUT2D eigenvalue weighted by molar-refractivity contribution is 6.06. The molecule has 0 saturated heterocycles. The van der Waals surface area contributed by atoms with E-state index >= 15 is 0 Å². The van der Waals surface area contributed by atoms with Gasteiger partial charge in [0, 0.05) is 41.2 Å². The SMILES string of the molecule is C=Cc1cccc(Nc2cc(C(=O)Nc3ccc(C(=O)N(CC)CC)cc3)ccc2N)c1C=C. The van der Waals surface area contributed by atoms with Crippen molar-refractivity contribution >= 4 is 46.7 Å². The van der Waals surface area contributed by atoms with Gasteiger partial charge in [-0.2, -0.15) is 0 Å². The molecule has 0 unspecified atom stereocenters. The van der Waals surface area contributed by atoms with Gasteiger partial charge in [-0.15, -0.1) is 0 Å². The molecule has 0 saturated carbocycles. The molecule has 2 amide bonds. The third kappa shape index (κ3) is 5.35. The average molecular weight is 455 g/mol. The van der Waals surface area contributed by atoms with Crippen LogP contribution in [-0.4, -0.2) is 29.8 Å². The minimum absolute atomic E-state index is 0.0310. The zero-order valence-electron chi connectivity index (χ0n) is 19.6. The summed E-state index contributed by atoms with van der Waals surface area (Å²) in [6.45, 7) is 12.9. The Morgan fingerprint density at radius 3 is 2.21 bits per heavy atom. The number of nitrogen functional groups attached to an aromatic ring is 1. The lowest BCUT2D eigenvalue weighted by Crippen LogP contribution is -2.30. The third-order valence-corrected chi connectivity index (χ3v) is 5.59. The Bertz CT molecular complexity index is 1210. The van der Waals surface area contributed by atoms with Gasteiger partial charge in [-0.1, -0.05) is 37.4 Å². The van der Waals surface area contributed by atoms with Crippen molar-refractivity contribution in [2.24, 2.45) is 0 Å². The van der Waals surface area contributed by atoms with Crippen molar-refractivity contribution in [3.8, 4) is 0 Å². The molecule has 6 heteroatoms. The maximum Gasteiger partial charge on any atom is 0.255 e. The molecule has 0 radical (unpaired) electrons. The molecule has 34 heavy (non-hydrogen) atoms. The van der Waals surface area contributed by atoms with E-state index in [4.69, 9.17) is 5.73 Å². The van der Waals surface area contributed by atoms with Crippen LogP contribution in [0, 0.1) is 0 Å². The van der Waals surface area contributed by atoms with Gasteiger partial charge in [0.05, 0.1) is 11.4 Å². The molecule has 0 bridgehead atoms. The highest BCUT2D eigenvalue weighted by Gasteiger charge is 2.14. The van der Waals surface area contributed by atoms with E-state index in [0.29, 0.717) is 41.3 Å². The molecule has 3 aromatic carbocycles. The Hall–Kier alpha value is -4.32. The van der Waals surface area contributed by atoms with Crippen LogP contribution >= 0.6 is 0 Å². The first kappa shape index (κ1) is 24.3. The van der Waals surface area contributed by atoms with E-state index in [1.807, 2.05) is 32.0 Å². The molecular weight excluding hydrogens is 424 g/mol. The van der Waals surface area contributed by atoms with E-state index in [2.05, 4.69) is 23.8 Å². The molecule has 3 rings (SSSR count). The van der Waals surface area contributed by atoms with Gasteiger partial charge < -0.3 is 21.3 Å². The zero-order valence-corrected chi connectivity index (χ0v) is 19.6. The standard InChI is InChI=1S/C28H30N4O2/c1-5-19-10-9-11-25(23(19)6-2)31-26-18-21(14-17-24(26)29)27(33)30-22-15-12-20(13-16-22)28(34)32(7-3)8-4/h5-6,9-18,31H,1-2,7-8,29H2,3-4H3,(H,30,33). The molecule has 0 aromatic heterocycles. The maximum absolute atomic E-state index is 12.9. The molecule has 0 aliphatic carbocycles. The summed E-state index contributed by atoms with van der Waals surface area (Å²) < 4.78 is 0. The number of rotatable bonds is 9. The fourth-order valence-electron chi connectivity index (χ4n) is 3.64. The van der Waals surface area contributed by atoms with E-state index < -0.39 is 0 Å². The molecule has 0 aliphatic heterocycles. The third-order valence-electron chi connectivity index (χ3n) is 5.59. The number of carbonyl (C=O) groups excluding carboxylic acids is 2. The van der Waals surface area contributed by atoms with E-state index in [9.17, 15) is 9.59 Å². The van der Waals surface area contributed by atoms with Crippen LogP contribution in [0.25, 0.3) is 12.2 Å². The summed E-state index contributed by atoms with van der Waals surface area (Å²) in [5.41, 5.74) is 11.6. The van der Waals surface area contributed by atoms with Gasteiger partial charge in [0.1, 0.15) is 0 Å². The average Bonchev–Trinajstić information content (AvgIpc) is 2.86. The molecule has 0 heterocycles. The Morgan fingerprint density at radius 2 is 1.59 bits per heavy atom. The molecule has 0 atom stereocenters. The number of hydrogen-bond donors (Lipinski definition) is 3. The molecule has 174 valence electrons. The Morgan fingerprint density at radius 1 is 0.912 bits per heavy atom. The van der Waals surface area contributed by atoms with Gasteiger partial charge in [-0.05, 0) is 67.9 Å². The second kappa shape index (κ2) is 11.0. The van der Waals surface area contributed by atoms with Crippen molar-refractivity contribution < 1.29 is 9.59 Å². The van der Waals surface area contributed by atoms with Gasteiger partial charge in [0.2, 0.25) is 0 Å². The van der Waals surface area contributed by atoms with Crippen LogP contribution in [0.5, 0.6) is 0 Å². The van der Waals surface area contributed by atoms with Crippen molar-refractivity contribution in [3.63, 3.8) is 0 Å². The van der Waals surface area contributed by atoms with Crippen LogP contribution in [-0.2, 0) is 0 Å². The van der Waals surface area contributed by atoms with E-state index in [-0.39, 0.29) is 11.8 Å². The summed E-state index contributed by atoms with van der Waals surface area (Å²) >= 11 is 0. The predicted octanol–water partition coefficient (Wildman–Crippen LogP) is 6.03. The van der Waals surface area contributed by atoms with Crippen molar-refractivity contribution in [2.45, 2.75) is 13.8 Å². The first-order chi connectivity index (χ1) is 16.4. The lowest BCUT2D eigenvalue weighted by atomic mass is 10.0. The minimum atomic E-state index is -0.283. The Kier molecular flexibility index (Phi) is 7.88. The summed E-state index contributed by atoms with van der Waals surface area (Å²) in [4.78, 5) is 27.1. The minimum Gasteiger partial charge on any atom is -0.397 e. The van der Waals surface area contributed by atoms with Gasteiger partial charge in [0.25, 0.3) is 11.8 Å². The van der Waals surface area contributed by atoms with Crippen molar-refractivity contribution in [1.82, 2.24) is 4.90 Å². The largest absolute Gasteiger partial charge is 0.397 e. The number of hydrogen-bond acceptors (Lipinski definition) is 4. The normalized spacial score (nSPS) is 10.3. The maximum atomic E-state index is 12.9. The Balaban J connectivity index is 1.78. The predicted molar refractivity (Wildman–Crippen MR) is 142 cm³/mol. The van der Waals surface area contributed by atoms with Crippen molar-refractivity contribution in [2.75, 3.05) is 29.5 Å². The fourth-order valence-corrected chi connectivity index (χ4v) is 3.64. The van der Waals surface area contributed by atoms with E-state index in [1.165, 1.54) is 0 Å². The summed E-state index contributed by atoms with van der Waals surface area (Å²) in [6.07, 6.45) is 3.51. The monoisotopic (exact) mass is 454 g/mol. The van der Waals surface area contributed by atoms with Crippen molar-refractivity contribution in [3.05, 3.63) is 96.1 Å². The smallest absolute Gasteiger partial charge is 0.255 e. The highest BCUT2D eigenvalue weighted by Crippen LogP contribution is 2.29. The van der Waals surface area contributed by atoms with Crippen molar-refractivity contribution in [1.29, 1.82) is 0 Å². The van der Waals surface area contributed by atoms with Gasteiger partial charge in [-0.25, -0.2) is 0 Å². The summed E-state index contributed by atoms with van der Waals surface area (Å²) in [5.74, 6) is -0.314. The summed E-state index contributed by atoms with van der Waals surface area (Å²) in [7, 11) is 0. The van der Waals surface area contributed by atoms with Gasteiger partial charge in [0.15, 0.2) is 0 Å². The molecule has 4 N–H and O–H groups in total. The lowest BCUT2D eigenvalue weighted by Gasteiger charge is -2.18. The second-order valence-corrected chi connectivity index (χ2v) is 7.65. The first-order valence-corrected chi connectivity index (χ1v) is 11.2. The molecular formula is C28H30N4O2.